The van der Waals surface area contributed by atoms with Crippen LogP contribution in [-0.2, 0) is 9.33 Å². The summed E-state index contributed by atoms with van der Waals surface area (Å²) in [5, 5.41) is 0. The largest absolute Gasteiger partial charge is 0.503 e. The summed E-state index contributed by atoms with van der Waals surface area (Å²) in [5.41, 5.74) is 0.331. The predicted molar refractivity (Wildman–Crippen MR) is 32.9 cm³/mol. The number of hydrogen-bond acceptors (Lipinski definition) is 4. The molecule has 1 rings (SSSR count). The van der Waals surface area contributed by atoms with Gasteiger partial charge >= 0.3 is 17.3 Å². The number of benzene rings is 1. The standard InChI is InChI=1S/C7H5ClO4/c9-7(11-12-8-10)6-4-2-1-3-5-6/h1-5H. The first-order valence-corrected chi connectivity index (χ1v) is 3.66. The second kappa shape index (κ2) is 4.71. The molecule has 0 radical (unpaired) electrons. The molecule has 0 aliphatic rings. The third-order valence-electron chi connectivity index (χ3n) is 1.14. The van der Waals surface area contributed by atoms with Gasteiger partial charge in [-0.3, -0.25) is 0 Å². The Labute approximate surface area is 72.7 Å². The van der Waals surface area contributed by atoms with Crippen LogP contribution in [0.15, 0.2) is 30.3 Å². The molecule has 0 aliphatic heterocycles. The SMILES string of the molecule is O=C(OO[Cl+][O-])c1ccccc1. The summed E-state index contributed by atoms with van der Waals surface area (Å²) in [6, 6.07) is 8.22. The molecule has 0 N–H and O–H groups in total. The molecule has 0 fully saturated rings. The molecule has 0 heterocycles. The zero-order chi connectivity index (χ0) is 8.81. The van der Waals surface area contributed by atoms with Crippen molar-refractivity contribution in [3.8, 4) is 0 Å². The lowest BCUT2D eigenvalue weighted by atomic mass is 10.2. The Hall–Kier alpha value is -1.10. The van der Waals surface area contributed by atoms with Crippen molar-refractivity contribution in [3.63, 3.8) is 0 Å². The highest BCUT2D eigenvalue weighted by Gasteiger charge is 2.09. The van der Waals surface area contributed by atoms with E-state index in [1.807, 2.05) is 0 Å². The Bertz CT molecular complexity index is 249. The minimum absolute atomic E-state index is 0.146. The van der Waals surface area contributed by atoms with E-state index in [1.54, 1.807) is 30.3 Å². The average Bonchev–Trinajstić information content (AvgIpc) is 2.15. The number of hydrogen-bond donors (Lipinski definition) is 0. The summed E-state index contributed by atoms with van der Waals surface area (Å²) in [7, 11) is 0. The van der Waals surface area contributed by atoms with Crippen LogP contribution in [0.3, 0.4) is 0 Å². The number of rotatable bonds is 3. The van der Waals surface area contributed by atoms with Crippen LogP contribution in [-0.4, -0.2) is 5.97 Å². The molecule has 0 aliphatic carbocycles. The summed E-state index contributed by atoms with van der Waals surface area (Å²) < 4.78 is 13.4. The van der Waals surface area contributed by atoms with E-state index in [-0.39, 0.29) is 11.3 Å². The lowest BCUT2D eigenvalue weighted by Gasteiger charge is -1.93. The molecule has 0 atom stereocenters. The van der Waals surface area contributed by atoms with E-state index in [2.05, 4.69) is 9.33 Å². The summed E-state index contributed by atoms with van der Waals surface area (Å²) in [6.07, 6.45) is 0. The monoisotopic (exact) mass is 188 g/mol. The first-order chi connectivity index (χ1) is 5.84. The van der Waals surface area contributed by atoms with Gasteiger partial charge in [0.2, 0.25) is 0 Å². The van der Waals surface area contributed by atoms with Gasteiger partial charge in [0.05, 0.1) is 5.56 Å². The lowest BCUT2D eigenvalue weighted by molar-refractivity contribution is -1.29. The van der Waals surface area contributed by atoms with Gasteiger partial charge in [0.1, 0.15) is 4.44 Å². The molecule has 1 aromatic rings. The van der Waals surface area contributed by atoms with Crippen LogP contribution in [0.5, 0.6) is 0 Å². The molecule has 0 bridgehead atoms. The fourth-order valence-corrected chi connectivity index (χ4v) is 0.747. The van der Waals surface area contributed by atoms with Crippen molar-refractivity contribution in [1.29, 1.82) is 0 Å². The van der Waals surface area contributed by atoms with Crippen molar-refractivity contribution in [2.45, 2.75) is 0 Å². The van der Waals surface area contributed by atoms with Gasteiger partial charge in [0.25, 0.3) is 0 Å². The second-order valence-corrected chi connectivity index (χ2v) is 2.11. The highest BCUT2D eigenvalue weighted by molar-refractivity contribution is 5.88. The first-order valence-electron chi connectivity index (χ1n) is 3.04. The van der Waals surface area contributed by atoms with Crippen LogP contribution >= 0.6 is 0 Å². The maximum Gasteiger partial charge on any atom is 0.379 e. The highest BCUT2D eigenvalue weighted by Crippen LogP contribution is 2.00. The summed E-state index contributed by atoms with van der Waals surface area (Å²) in [6.45, 7) is 0. The quantitative estimate of drug-likeness (QED) is 0.497. The number of carbonyl (C=O) groups excluding carboxylic acids is 1. The van der Waals surface area contributed by atoms with E-state index in [9.17, 15) is 9.45 Å². The van der Waals surface area contributed by atoms with Gasteiger partial charge in [0, 0.05) is 0 Å². The molecular formula is C7H5ClO4. The molecule has 4 nitrogen and oxygen atoms in total. The Morgan fingerprint density at radius 2 is 2.00 bits per heavy atom. The van der Waals surface area contributed by atoms with E-state index in [0.29, 0.717) is 5.56 Å². The van der Waals surface area contributed by atoms with E-state index < -0.39 is 5.97 Å². The van der Waals surface area contributed by atoms with Gasteiger partial charge in [-0.15, -0.1) is 0 Å². The van der Waals surface area contributed by atoms with Crippen LogP contribution in [0, 0.1) is 11.3 Å². The third-order valence-corrected chi connectivity index (χ3v) is 1.26. The Morgan fingerprint density at radius 3 is 2.58 bits per heavy atom. The Balaban J connectivity index is 2.54. The van der Waals surface area contributed by atoms with Gasteiger partial charge in [-0.05, 0) is 12.1 Å². The van der Waals surface area contributed by atoms with E-state index in [1.165, 1.54) is 0 Å². The Kier molecular flexibility index (Phi) is 3.53. The van der Waals surface area contributed by atoms with Crippen molar-refractivity contribution in [2.75, 3.05) is 0 Å². The molecule has 1 aromatic carbocycles. The number of halogens is 1. The molecule has 0 saturated heterocycles. The van der Waals surface area contributed by atoms with E-state index in [0.717, 1.165) is 0 Å². The highest BCUT2D eigenvalue weighted by atomic mass is 35.6. The van der Waals surface area contributed by atoms with Crippen LogP contribution in [0.1, 0.15) is 10.4 Å². The van der Waals surface area contributed by atoms with Crippen molar-refractivity contribution in [3.05, 3.63) is 35.9 Å². The predicted octanol–water partition coefficient (Wildman–Crippen LogP) is 0.0503. The minimum atomic E-state index is -0.695. The molecule has 0 aromatic heterocycles. The fraction of sp³-hybridized carbons (Fsp3) is 0. The molecule has 0 spiro atoms. The maximum absolute atomic E-state index is 10.9. The van der Waals surface area contributed by atoms with Gasteiger partial charge in [-0.25, -0.2) is 9.68 Å². The summed E-state index contributed by atoms with van der Waals surface area (Å²) in [5.74, 6) is -0.695. The zero-order valence-corrected chi connectivity index (χ0v) is 6.65. The van der Waals surface area contributed by atoms with Crippen LogP contribution < -0.4 is 4.66 Å². The zero-order valence-electron chi connectivity index (χ0n) is 5.90. The van der Waals surface area contributed by atoms with Gasteiger partial charge in [0.15, 0.2) is 0 Å². The molecule has 5 heteroatoms. The van der Waals surface area contributed by atoms with Gasteiger partial charge < -0.3 is 4.66 Å². The van der Waals surface area contributed by atoms with Crippen LogP contribution in [0.4, 0.5) is 0 Å². The minimum Gasteiger partial charge on any atom is -0.503 e. The van der Waals surface area contributed by atoms with Crippen molar-refractivity contribution in [1.82, 2.24) is 0 Å². The van der Waals surface area contributed by atoms with Crippen LogP contribution in [0.25, 0.3) is 0 Å². The van der Waals surface area contributed by atoms with Crippen molar-refractivity contribution >= 4 is 5.97 Å². The van der Waals surface area contributed by atoms with E-state index in [4.69, 9.17) is 0 Å². The first kappa shape index (κ1) is 8.99. The fourth-order valence-electron chi connectivity index (χ4n) is 0.664. The average molecular weight is 189 g/mol. The van der Waals surface area contributed by atoms with Crippen LogP contribution in [0.2, 0.25) is 0 Å². The topological polar surface area (TPSA) is 58.6 Å². The molecule has 0 amide bonds. The van der Waals surface area contributed by atoms with Gasteiger partial charge in [-0.2, -0.15) is 0 Å². The molecule has 0 unspecified atom stereocenters. The molecular weight excluding hydrogens is 184 g/mol. The smallest absolute Gasteiger partial charge is 0.379 e. The maximum atomic E-state index is 10.9. The molecule has 64 valence electrons. The third kappa shape index (κ3) is 2.50. The summed E-state index contributed by atoms with van der Waals surface area (Å²) in [4.78, 5) is 15.0. The number of carbonyl (C=O) groups is 1. The normalized spacial score (nSPS) is 9.42. The molecule has 0 saturated carbocycles. The second-order valence-electron chi connectivity index (χ2n) is 1.86. The van der Waals surface area contributed by atoms with Crippen molar-refractivity contribution < 1.29 is 30.1 Å². The Morgan fingerprint density at radius 1 is 1.33 bits per heavy atom. The molecule has 12 heavy (non-hydrogen) atoms. The van der Waals surface area contributed by atoms with Gasteiger partial charge in [-0.1, -0.05) is 18.2 Å². The lowest BCUT2D eigenvalue weighted by Crippen LogP contribution is -2.10. The summed E-state index contributed by atoms with van der Waals surface area (Å²) >= 11 is 0.146. The van der Waals surface area contributed by atoms with Crippen molar-refractivity contribution in [2.24, 2.45) is 0 Å². The van der Waals surface area contributed by atoms with E-state index >= 15 is 0 Å².